The summed E-state index contributed by atoms with van der Waals surface area (Å²) in [5, 5.41) is 0. The van der Waals surface area contributed by atoms with Crippen LogP contribution in [-0.2, 0) is 9.53 Å². The number of rotatable bonds is 2. The molecule has 1 aromatic heterocycles. The first-order chi connectivity index (χ1) is 9.68. The van der Waals surface area contributed by atoms with Crippen molar-refractivity contribution in [2.45, 2.75) is 25.0 Å². The van der Waals surface area contributed by atoms with Gasteiger partial charge in [-0.1, -0.05) is 0 Å². The SMILES string of the molecule is CN1C(=O)O[C@@H](c2ccncc2)[C@@H]1C(=O)N1CCCC1. The molecule has 0 bridgehead atoms. The van der Waals surface area contributed by atoms with E-state index in [4.69, 9.17) is 4.74 Å². The number of hydrogen-bond donors (Lipinski definition) is 0. The quantitative estimate of drug-likeness (QED) is 0.813. The topological polar surface area (TPSA) is 62.7 Å². The fourth-order valence-electron chi connectivity index (χ4n) is 2.80. The first kappa shape index (κ1) is 12.9. The molecule has 3 rings (SSSR count). The highest BCUT2D eigenvalue weighted by atomic mass is 16.6. The van der Waals surface area contributed by atoms with Crippen molar-refractivity contribution in [2.24, 2.45) is 0 Å². The van der Waals surface area contributed by atoms with Gasteiger partial charge in [0.15, 0.2) is 12.1 Å². The molecular weight excluding hydrogens is 258 g/mol. The Kier molecular flexibility index (Phi) is 3.30. The van der Waals surface area contributed by atoms with E-state index in [2.05, 4.69) is 4.98 Å². The van der Waals surface area contributed by atoms with Gasteiger partial charge in [-0.25, -0.2) is 4.79 Å². The van der Waals surface area contributed by atoms with E-state index in [1.165, 1.54) is 4.90 Å². The number of amides is 2. The predicted octanol–water partition coefficient (Wildman–Crippen LogP) is 1.20. The number of cyclic esters (lactones) is 1. The second-order valence-electron chi connectivity index (χ2n) is 5.17. The Bertz CT molecular complexity index is 514. The van der Waals surface area contributed by atoms with Gasteiger partial charge in [-0.3, -0.25) is 14.7 Å². The highest BCUT2D eigenvalue weighted by Crippen LogP contribution is 2.33. The van der Waals surface area contributed by atoms with Gasteiger partial charge in [-0.2, -0.15) is 0 Å². The molecule has 2 fully saturated rings. The Hall–Kier alpha value is -2.11. The number of hydrogen-bond acceptors (Lipinski definition) is 4. The van der Waals surface area contributed by atoms with Gasteiger partial charge in [-0.05, 0) is 30.5 Å². The van der Waals surface area contributed by atoms with Crippen LogP contribution in [0.4, 0.5) is 4.79 Å². The zero-order valence-electron chi connectivity index (χ0n) is 11.4. The number of likely N-dealkylation sites (N-methyl/N-ethyl adjacent to an activating group) is 1. The number of pyridine rings is 1. The average Bonchev–Trinajstić information content (AvgIpc) is 3.09. The van der Waals surface area contributed by atoms with Gasteiger partial charge in [0.25, 0.3) is 0 Å². The number of aromatic nitrogens is 1. The van der Waals surface area contributed by atoms with Crippen molar-refractivity contribution < 1.29 is 14.3 Å². The van der Waals surface area contributed by atoms with E-state index < -0.39 is 18.2 Å². The maximum Gasteiger partial charge on any atom is 0.411 e. The molecule has 2 aliphatic heterocycles. The van der Waals surface area contributed by atoms with Crippen molar-refractivity contribution in [3.05, 3.63) is 30.1 Å². The van der Waals surface area contributed by atoms with Crippen LogP contribution >= 0.6 is 0 Å². The lowest BCUT2D eigenvalue weighted by atomic mass is 10.0. The van der Waals surface area contributed by atoms with Crippen molar-refractivity contribution in [3.63, 3.8) is 0 Å². The molecule has 106 valence electrons. The van der Waals surface area contributed by atoms with Crippen molar-refractivity contribution in [2.75, 3.05) is 20.1 Å². The molecule has 0 N–H and O–H groups in total. The summed E-state index contributed by atoms with van der Waals surface area (Å²) in [6.45, 7) is 1.53. The van der Waals surface area contributed by atoms with E-state index in [-0.39, 0.29) is 5.91 Å². The summed E-state index contributed by atoms with van der Waals surface area (Å²) in [6, 6.07) is 2.98. The van der Waals surface area contributed by atoms with Crippen LogP contribution in [0.25, 0.3) is 0 Å². The highest BCUT2D eigenvalue weighted by molar-refractivity contribution is 5.89. The van der Waals surface area contributed by atoms with Crippen LogP contribution in [0, 0.1) is 0 Å². The third kappa shape index (κ3) is 2.11. The van der Waals surface area contributed by atoms with Gasteiger partial charge in [0.2, 0.25) is 5.91 Å². The van der Waals surface area contributed by atoms with Crippen molar-refractivity contribution in [3.8, 4) is 0 Å². The lowest BCUT2D eigenvalue weighted by Gasteiger charge is -2.25. The standard InChI is InChI=1S/C14H17N3O3/c1-16-11(13(18)17-8-2-3-9-17)12(20-14(16)19)10-4-6-15-7-5-10/h4-7,11-12H,2-3,8-9H2,1H3/t11-,12+/m1/s1. The third-order valence-corrected chi connectivity index (χ3v) is 3.93. The molecule has 0 saturated carbocycles. The van der Waals surface area contributed by atoms with Gasteiger partial charge < -0.3 is 9.64 Å². The minimum atomic E-state index is -0.581. The fraction of sp³-hybridized carbons (Fsp3) is 0.500. The van der Waals surface area contributed by atoms with Crippen molar-refractivity contribution in [1.29, 1.82) is 0 Å². The fourth-order valence-corrected chi connectivity index (χ4v) is 2.80. The molecule has 2 atom stereocenters. The molecule has 3 heterocycles. The van der Waals surface area contributed by atoms with Crippen LogP contribution < -0.4 is 0 Å². The molecule has 6 heteroatoms. The maximum absolute atomic E-state index is 12.6. The molecule has 0 aromatic carbocycles. The first-order valence-corrected chi connectivity index (χ1v) is 6.80. The Morgan fingerprint density at radius 3 is 2.60 bits per heavy atom. The van der Waals surface area contributed by atoms with Crippen LogP contribution in [0.15, 0.2) is 24.5 Å². The first-order valence-electron chi connectivity index (χ1n) is 6.80. The van der Waals surface area contributed by atoms with Gasteiger partial charge in [0.05, 0.1) is 0 Å². The van der Waals surface area contributed by atoms with Gasteiger partial charge in [0, 0.05) is 32.5 Å². The maximum atomic E-state index is 12.6. The second kappa shape index (κ2) is 5.11. The molecule has 0 aliphatic carbocycles. The minimum Gasteiger partial charge on any atom is -0.438 e. The summed E-state index contributed by atoms with van der Waals surface area (Å²) in [7, 11) is 1.61. The van der Waals surface area contributed by atoms with E-state index in [0.29, 0.717) is 0 Å². The Morgan fingerprint density at radius 2 is 1.95 bits per heavy atom. The van der Waals surface area contributed by atoms with E-state index >= 15 is 0 Å². The number of likely N-dealkylation sites (tertiary alicyclic amines) is 1. The minimum absolute atomic E-state index is 0.0299. The van der Waals surface area contributed by atoms with Gasteiger partial charge >= 0.3 is 6.09 Å². The lowest BCUT2D eigenvalue weighted by molar-refractivity contribution is -0.135. The van der Waals surface area contributed by atoms with Gasteiger partial charge in [-0.15, -0.1) is 0 Å². The Balaban J connectivity index is 1.88. The van der Waals surface area contributed by atoms with Crippen molar-refractivity contribution >= 4 is 12.0 Å². The summed E-state index contributed by atoms with van der Waals surface area (Å²) >= 11 is 0. The molecule has 6 nitrogen and oxygen atoms in total. The van der Waals surface area contributed by atoms with Crippen molar-refractivity contribution in [1.82, 2.24) is 14.8 Å². The lowest BCUT2D eigenvalue weighted by Crippen LogP contribution is -2.46. The van der Waals surface area contributed by atoms with Gasteiger partial charge in [0.1, 0.15) is 0 Å². The van der Waals surface area contributed by atoms with E-state index in [0.717, 1.165) is 31.5 Å². The molecule has 0 unspecified atom stereocenters. The van der Waals surface area contributed by atoms with E-state index in [9.17, 15) is 9.59 Å². The average molecular weight is 275 g/mol. The summed E-state index contributed by atoms with van der Waals surface area (Å²) < 4.78 is 5.36. The number of carbonyl (C=O) groups is 2. The zero-order valence-corrected chi connectivity index (χ0v) is 11.4. The summed E-state index contributed by atoms with van der Waals surface area (Å²) in [5.41, 5.74) is 0.801. The highest BCUT2D eigenvalue weighted by Gasteiger charge is 2.46. The largest absolute Gasteiger partial charge is 0.438 e. The molecule has 2 aliphatic rings. The Labute approximate surface area is 117 Å². The molecule has 0 spiro atoms. The number of nitrogens with zero attached hydrogens (tertiary/aromatic N) is 3. The molecule has 0 radical (unpaired) electrons. The van der Waals surface area contributed by atoms with Crippen LogP contribution in [0.3, 0.4) is 0 Å². The van der Waals surface area contributed by atoms with E-state index in [1.54, 1.807) is 31.6 Å². The molecule has 20 heavy (non-hydrogen) atoms. The van der Waals surface area contributed by atoms with Crippen LogP contribution in [-0.4, -0.2) is 53.0 Å². The van der Waals surface area contributed by atoms with Crippen LogP contribution in [0.5, 0.6) is 0 Å². The monoisotopic (exact) mass is 275 g/mol. The summed E-state index contributed by atoms with van der Waals surface area (Å²) in [5.74, 6) is -0.0299. The molecule has 2 amide bonds. The summed E-state index contributed by atoms with van der Waals surface area (Å²) in [6.07, 6.45) is 4.32. The number of carbonyl (C=O) groups excluding carboxylic acids is 2. The van der Waals surface area contributed by atoms with Crippen LogP contribution in [0.2, 0.25) is 0 Å². The Morgan fingerprint density at radius 1 is 1.30 bits per heavy atom. The third-order valence-electron chi connectivity index (χ3n) is 3.93. The number of ether oxygens (including phenoxy) is 1. The van der Waals surface area contributed by atoms with Crippen LogP contribution in [0.1, 0.15) is 24.5 Å². The molecule has 1 aromatic rings. The van der Waals surface area contributed by atoms with E-state index in [1.807, 2.05) is 4.90 Å². The normalized spacial score (nSPS) is 25.9. The second-order valence-corrected chi connectivity index (χ2v) is 5.17. The zero-order chi connectivity index (χ0) is 14.1. The predicted molar refractivity (Wildman–Crippen MR) is 70.8 cm³/mol. The molecular formula is C14H17N3O3. The summed E-state index contributed by atoms with van der Waals surface area (Å²) in [4.78, 5) is 31.6. The molecule has 2 saturated heterocycles. The smallest absolute Gasteiger partial charge is 0.411 e.